The Balaban J connectivity index is 2.37. The van der Waals surface area contributed by atoms with Gasteiger partial charge in [-0.05, 0) is 30.7 Å². The summed E-state index contributed by atoms with van der Waals surface area (Å²) in [5.74, 6) is -0.0377. The second kappa shape index (κ2) is 8.53. The molecule has 0 aliphatic heterocycles. The van der Waals surface area contributed by atoms with E-state index in [1.54, 1.807) is 0 Å². The molecule has 0 bridgehead atoms. The number of likely N-dealkylation sites (N-methyl/N-ethyl adjacent to an activating group) is 1. The van der Waals surface area contributed by atoms with Crippen LogP contribution in [-0.2, 0) is 11.2 Å². The van der Waals surface area contributed by atoms with E-state index in [-0.39, 0.29) is 0 Å². The number of rotatable bonds is 9. The van der Waals surface area contributed by atoms with Crippen LogP contribution >= 0.6 is 0 Å². The lowest BCUT2D eigenvalue weighted by molar-refractivity contribution is -0.139. The molecular formula is C15H23NO3. The average molecular weight is 265 g/mol. The van der Waals surface area contributed by atoms with Gasteiger partial charge in [-0.25, -0.2) is 0 Å². The summed E-state index contributed by atoms with van der Waals surface area (Å²) in [6.45, 7) is 5.08. The fraction of sp³-hybridized carbons (Fsp3) is 0.533. The maximum absolute atomic E-state index is 10.9. The first-order valence-corrected chi connectivity index (χ1v) is 6.85. The molecule has 0 saturated heterocycles. The molecule has 0 spiro atoms. The van der Waals surface area contributed by atoms with Crippen LogP contribution in [-0.4, -0.2) is 30.3 Å². The smallest absolute Gasteiger partial charge is 0.320 e. The van der Waals surface area contributed by atoms with E-state index >= 15 is 0 Å². The molecule has 1 aromatic carbocycles. The van der Waals surface area contributed by atoms with Crippen molar-refractivity contribution >= 4 is 5.97 Å². The molecular weight excluding hydrogens is 242 g/mol. The second-order valence-electron chi connectivity index (χ2n) is 4.48. The Morgan fingerprint density at radius 2 is 2.00 bits per heavy atom. The Kier molecular flexibility index (Phi) is 6.97. The molecule has 1 atom stereocenters. The molecule has 0 fully saturated rings. The van der Waals surface area contributed by atoms with Crippen molar-refractivity contribution in [1.29, 1.82) is 0 Å². The standard InChI is InChI=1S/C15H23NO3/c1-3-5-12-6-8-13(9-7-12)19-11-10-14(15(17)18)16-4-2/h6-9,14,16H,3-5,10-11H2,1-2H3,(H,17,18). The Labute approximate surface area is 114 Å². The van der Waals surface area contributed by atoms with Crippen molar-refractivity contribution in [2.75, 3.05) is 13.2 Å². The summed E-state index contributed by atoms with van der Waals surface area (Å²) in [4.78, 5) is 10.9. The number of aryl methyl sites for hydroxylation is 1. The summed E-state index contributed by atoms with van der Waals surface area (Å²) in [5, 5.41) is 11.9. The quantitative estimate of drug-likeness (QED) is 0.720. The third-order valence-electron chi connectivity index (χ3n) is 2.89. The van der Waals surface area contributed by atoms with Crippen LogP contribution < -0.4 is 10.1 Å². The van der Waals surface area contributed by atoms with Crippen molar-refractivity contribution in [2.45, 2.75) is 39.2 Å². The number of hydrogen-bond acceptors (Lipinski definition) is 3. The minimum absolute atomic E-state index is 0.400. The lowest BCUT2D eigenvalue weighted by Gasteiger charge is -2.13. The summed E-state index contributed by atoms with van der Waals surface area (Å²) in [6, 6.07) is 7.45. The van der Waals surface area contributed by atoms with Gasteiger partial charge in [0.15, 0.2) is 0 Å². The lowest BCUT2D eigenvalue weighted by atomic mass is 10.1. The molecule has 1 aromatic rings. The second-order valence-corrected chi connectivity index (χ2v) is 4.48. The first-order chi connectivity index (χ1) is 9.17. The Morgan fingerprint density at radius 3 is 2.53 bits per heavy atom. The van der Waals surface area contributed by atoms with E-state index in [1.165, 1.54) is 5.56 Å². The predicted octanol–water partition coefficient (Wildman–Crippen LogP) is 2.47. The van der Waals surface area contributed by atoms with Gasteiger partial charge >= 0.3 is 5.97 Å². The molecule has 0 saturated carbocycles. The van der Waals surface area contributed by atoms with Gasteiger partial charge in [0, 0.05) is 6.42 Å². The van der Waals surface area contributed by atoms with Crippen molar-refractivity contribution in [3.05, 3.63) is 29.8 Å². The van der Waals surface area contributed by atoms with Gasteiger partial charge in [0.05, 0.1) is 6.61 Å². The van der Waals surface area contributed by atoms with Crippen LogP contribution in [0.2, 0.25) is 0 Å². The number of hydrogen-bond donors (Lipinski definition) is 2. The van der Waals surface area contributed by atoms with Gasteiger partial charge in [0.1, 0.15) is 11.8 Å². The number of ether oxygens (including phenoxy) is 1. The molecule has 0 heterocycles. The molecule has 1 rings (SSSR count). The van der Waals surface area contributed by atoms with Gasteiger partial charge < -0.3 is 15.2 Å². The van der Waals surface area contributed by atoms with Gasteiger partial charge in [0.2, 0.25) is 0 Å². The first-order valence-electron chi connectivity index (χ1n) is 6.85. The molecule has 2 N–H and O–H groups in total. The number of aliphatic carboxylic acids is 1. The Morgan fingerprint density at radius 1 is 1.32 bits per heavy atom. The highest BCUT2D eigenvalue weighted by molar-refractivity contribution is 5.73. The van der Waals surface area contributed by atoms with Crippen LogP contribution in [0.5, 0.6) is 5.75 Å². The zero-order valence-corrected chi connectivity index (χ0v) is 11.7. The van der Waals surface area contributed by atoms with E-state index in [4.69, 9.17) is 9.84 Å². The van der Waals surface area contributed by atoms with E-state index in [9.17, 15) is 4.79 Å². The zero-order valence-electron chi connectivity index (χ0n) is 11.7. The number of benzene rings is 1. The minimum atomic E-state index is -0.830. The average Bonchev–Trinajstić information content (AvgIpc) is 2.40. The van der Waals surface area contributed by atoms with Crippen LogP contribution in [0, 0.1) is 0 Å². The third-order valence-corrected chi connectivity index (χ3v) is 2.89. The SMILES string of the molecule is CCCc1ccc(OCCC(NCC)C(=O)O)cc1. The van der Waals surface area contributed by atoms with Crippen LogP contribution in [0.4, 0.5) is 0 Å². The molecule has 4 nitrogen and oxygen atoms in total. The van der Waals surface area contributed by atoms with Crippen LogP contribution in [0.25, 0.3) is 0 Å². The third kappa shape index (κ3) is 5.75. The van der Waals surface area contributed by atoms with Gasteiger partial charge in [-0.2, -0.15) is 0 Å². The molecule has 0 radical (unpaired) electrons. The normalized spacial score (nSPS) is 12.1. The Hall–Kier alpha value is -1.55. The van der Waals surface area contributed by atoms with Crippen molar-refractivity contribution in [1.82, 2.24) is 5.32 Å². The molecule has 0 aliphatic carbocycles. The maximum Gasteiger partial charge on any atom is 0.320 e. The van der Waals surface area contributed by atoms with Crippen LogP contribution in [0.15, 0.2) is 24.3 Å². The van der Waals surface area contributed by atoms with Gasteiger partial charge in [-0.15, -0.1) is 0 Å². The largest absolute Gasteiger partial charge is 0.494 e. The van der Waals surface area contributed by atoms with E-state index < -0.39 is 12.0 Å². The molecule has 1 unspecified atom stereocenters. The van der Waals surface area contributed by atoms with Crippen LogP contribution in [0.3, 0.4) is 0 Å². The predicted molar refractivity (Wildman–Crippen MR) is 75.6 cm³/mol. The minimum Gasteiger partial charge on any atom is -0.494 e. The van der Waals surface area contributed by atoms with Gasteiger partial charge in [-0.3, -0.25) is 4.79 Å². The summed E-state index contributed by atoms with van der Waals surface area (Å²) >= 11 is 0. The van der Waals surface area contributed by atoms with E-state index in [0.29, 0.717) is 19.6 Å². The molecule has 19 heavy (non-hydrogen) atoms. The number of nitrogens with one attached hydrogen (secondary N) is 1. The van der Waals surface area contributed by atoms with Crippen molar-refractivity contribution in [3.8, 4) is 5.75 Å². The molecule has 106 valence electrons. The highest BCUT2D eigenvalue weighted by Crippen LogP contribution is 2.13. The molecule has 0 aliphatic rings. The van der Waals surface area contributed by atoms with Crippen molar-refractivity contribution < 1.29 is 14.6 Å². The number of carbonyl (C=O) groups is 1. The highest BCUT2D eigenvalue weighted by atomic mass is 16.5. The maximum atomic E-state index is 10.9. The summed E-state index contributed by atoms with van der Waals surface area (Å²) in [5.41, 5.74) is 1.30. The fourth-order valence-corrected chi connectivity index (χ4v) is 1.89. The van der Waals surface area contributed by atoms with Crippen LogP contribution in [0.1, 0.15) is 32.3 Å². The first kappa shape index (κ1) is 15.5. The summed E-state index contributed by atoms with van der Waals surface area (Å²) in [7, 11) is 0. The van der Waals surface area contributed by atoms with E-state index in [0.717, 1.165) is 18.6 Å². The fourth-order valence-electron chi connectivity index (χ4n) is 1.89. The van der Waals surface area contributed by atoms with Crippen molar-refractivity contribution in [3.63, 3.8) is 0 Å². The monoisotopic (exact) mass is 265 g/mol. The van der Waals surface area contributed by atoms with Crippen molar-refractivity contribution in [2.24, 2.45) is 0 Å². The lowest BCUT2D eigenvalue weighted by Crippen LogP contribution is -2.37. The van der Waals surface area contributed by atoms with Gasteiger partial charge in [0.25, 0.3) is 0 Å². The Bertz CT molecular complexity index is 375. The highest BCUT2D eigenvalue weighted by Gasteiger charge is 2.15. The molecule has 4 heteroatoms. The zero-order chi connectivity index (χ0) is 14.1. The molecule has 0 aromatic heterocycles. The molecule has 0 amide bonds. The van der Waals surface area contributed by atoms with E-state index in [1.807, 2.05) is 19.1 Å². The van der Waals surface area contributed by atoms with Gasteiger partial charge in [-0.1, -0.05) is 32.4 Å². The summed E-state index contributed by atoms with van der Waals surface area (Å²) < 4.78 is 5.56. The number of carboxylic acids is 1. The summed E-state index contributed by atoms with van der Waals surface area (Å²) in [6.07, 6.45) is 2.66. The van der Waals surface area contributed by atoms with E-state index in [2.05, 4.69) is 24.4 Å². The topological polar surface area (TPSA) is 58.6 Å². The number of carboxylic acid groups (broad SMARTS) is 1.